The molecular weight excluding hydrogens is 2070 g/mol. The van der Waals surface area contributed by atoms with E-state index in [0.717, 1.165) is 44.4 Å². The molecular formula is C114H120Br2CsF3N8O15. The molecule has 0 radical (unpaired) electrons. The number of benzene rings is 9. The van der Waals surface area contributed by atoms with Crippen molar-refractivity contribution in [3.8, 4) is 67.2 Å². The van der Waals surface area contributed by atoms with Crippen LogP contribution in [0.3, 0.4) is 0 Å². The number of hydrogen-bond acceptors (Lipinski definition) is 17. The molecule has 0 saturated heterocycles. The van der Waals surface area contributed by atoms with Crippen LogP contribution in [-0.2, 0) is 67.4 Å². The number of nitrogens with zero attached hydrogens (tertiary/aromatic N) is 5. The van der Waals surface area contributed by atoms with Crippen LogP contribution in [0.2, 0.25) is 0 Å². The van der Waals surface area contributed by atoms with E-state index in [-0.39, 0.29) is 183 Å². The third kappa shape index (κ3) is 32.0. The Bertz CT molecular complexity index is 6200. The normalized spacial score (nSPS) is 12.4. The minimum atomic E-state index is -1.39. The van der Waals surface area contributed by atoms with Crippen LogP contribution in [0.4, 0.5) is 30.2 Å². The number of anilines is 3. The summed E-state index contributed by atoms with van der Waals surface area (Å²) in [6.07, 6.45) is -8.45. The van der Waals surface area contributed by atoms with E-state index < -0.39 is 91.2 Å². The standard InChI is InChI=1S/C73H75F2N5O10.C33H35FN2O5.C7H7Br2N.CH4.Cs/c1-46(2)68-66(72(87)77-54-22-13-7-14-23-54)64(48-18-9-5-10-19-48)70(50-28-32-52(74)33-29-50)79(68)38-36-58(81)40-60(83)42-62(85)89-44-56-26-17-27-57(76-56)45-90-63(86)43-61(84)41-59(82)37-39-80-69(47(3)4)67(73(88)78-55-24-15-8-16-25-55)65(49-20-11-6-12-21-49)71(80)51-30-34-53(75)35-31-51;1-21(2)31-30(33(41)35-25-11-7-4-8-12-25)29(22-9-5-3-6-10-22)32(23-13-15-24(34)16-14-23)36(31)18-17-26(37)19-27(38)20-28(39)40;8-4-6-2-1-3-7(5-9)10-6;;/h5-35,46-47,58-61,81-84H,36-45H2,1-4H3,(H,77,87)(H,78,88);3-16,21,26-27,37-38H,17-20H2,1-2H3,(H,35,41)(H,39,40);1-3H,4-5H2;1H4;/q;;;;+1/p-1/t58-,59-,60-,61-;26-,27-;;;/m11.../s1. The zero-order valence-electron chi connectivity index (χ0n) is 80.2. The van der Waals surface area contributed by atoms with Gasteiger partial charge >= 0.3 is 80.8 Å². The maximum atomic E-state index is 14.5. The molecule has 143 heavy (non-hydrogen) atoms. The number of esters is 2. The van der Waals surface area contributed by atoms with E-state index in [2.05, 4.69) is 57.8 Å². The summed E-state index contributed by atoms with van der Waals surface area (Å²) < 4.78 is 59.7. The van der Waals surface area contributed by atoms with E-state index in [0.29, 0.717) is 107 Å². The molecule has 0 aliphatic rings. The number of ether oxygens (including phenoxy) is 2. The van der Waals surface area contributed by atoms with Gasteiger partial charge in [-0.25, -0.2) is 13.2 Å². The van der Waals surface area contributed by atoms with Gasteiger partial charge in [0.15, 0.2) is 0 Å². The van der Waals surface area contributed by atoms with Crippen LogP contribution in [-0.4, -0.2) is 127 Å². The summed E-state index contributed by atoms with van der Waals surface area (Å²) in [5.74, 6) is -5.60. The van der Waals surface area contributed by atoms with Gasteiger partial charge in [0, 0.05) is 93.5 Å². The fourth-order valence-corrected chi connectivity index (χ4v) is 18.0. The van der Waals surface area contributed by atoms with Gasteiger partial charge in [-0.15, -0.1) is 0 Å². The number of nitrogens with one attached hydrogen (secondary N) is 3. The number of hydrogen-bond donors (Lipinski definition) is 9. The number of carboxylic acids is 1. The van der Waals surface area contributed by atoms with Crippen LogP contribution in [0.1, 0.15) is 195 Å². The predicted molar refractivity (Wildman–Crippen MR) is 554 cm³/mol. The molecule has 3 amide bonds. The number of carbonyl (C=O) groups excluding carboxylic acids is 6. The van der Waals surface area contributed by atoms with E-state index in [1.54, 1.807) is 91.0 Å². The van der Waals surface area contributed by atoms with Crippen LogP contribution in [0.15, 0.2) is 291 Å². The van der Waals surface area contributed by atoms with E-state index in [9.17, 15) is 77.7 Å². The smallest absolute Gasteiger partial charge is 0.550 e. The monoisotopic (exact) mass is 2190 g/mol. The van der Waals surface area contributed by atoms with Crippen molar-refractivity contribution in [2.75, 3.05) is 16.0 Å². The molecule has 0 spiro atoms. The first kappa shape index (κ1) is 113. The number of halogens is 5. The van der Waals surface area contributed by atoms with Gasteiger partial charge in [0.25, 0.3) is 17.7 Å². The van der Waals surface area contributed by atoms with Crippen molar-refractivity contribution in [3.63, 3.8) is 0 Å². The van der Waals surface area contributed by atoms with Gasteiger partial charge in [-0.05, 0) is 223 Å². The minimum absolute atomic E-state index is 0. The Labute approximate surface area is 908 Å². The van der Waals surface area contributed by atoms with Crippen molar-refractivity contribution in [1.82, 2.24) is 23.7 Å². The molecule has 0 unspecified atom stereocenters. The number of carbonyl (C=O) groups is 6. The fraction of sp³-hybridized carbons (Fsp3) is 0.281. The third-order valence-electron chi connectivity index (χ3n) is 23.5. The maximum absolute atomic E-state index is 14.5. The topological polar surface area (TPSA) is 342 Å². The van der Waals surface area contributed by atoms with Crippen LogP contribution in [0.5, 0.6) is 0 Å². The summed E-state index contributed by atoms with van der Waals surface area (Å²) in [7, 11) is 0. The molecule has 14 rings (SSSR count). The molecule has 23 nitrogen and oxygen atoms in total. The summed E-state index contributed by atoms with van der Waals surface area (Å²) in [6, 6.07) is 84.8. The van der Waals surface area contributed by atoms with E-state index in [4.69, 9.17) is 9.47 Å². The van der Waals surface area contributed by atoms with E-state index in [1.165, 1.54) is 36.4 Å². The van der Waals surface area contributed by atoms with Crippen molar-refractivity contribution < 1.29 is 156 Å². The molecule has 29 heteroatoms. The molecule has 5 heterocycles. The van der Waals surface area contributed by atoms with Gasteiger partial charge in [-0.1, -0.05) is 239 Å². The Morgan fingerprint density at radius 3 is 0.832 bits per heavy atom. The minimum Gasteiger partial charge on any atom is -0.550 e. The average Bonchev–Trinajstić information content (AvgIpc) is 1.60. The van der Waals surface area contributed by atoms with Gasteiger partial charge < -0.3 is 79.7 Å². The molecule has 14 aromatic rings. The zero-order chi connectivity index (χ0) is 101. The molecule has 742 valence electrons. The van der Waals surface area contributed by atoms with Gasteiger partial charge in [0.2, 0.25) is 0 Å². The summed E-state index contributed by atoms with van der Waals surface area (Å²) >= 11 is 6.69. The van der Waals surface area contributed by atoms with E-state index in [1.807, 2.05) is 219 Å². The molecule has 6 atom stereocenters. The van der Waals surface area contributed by atoms with E-state index >= 15 is 0 Å². The third-order valence-corrected chi connectivity index (χ3v) is 24.7. The Kier molecular flexibility index (Phi) is 44.5. The SMILES string of the molecule is BrCc1cccc(CBr)n1.C.CC(C)c1c(C(=O)Nc2ccccc2)c(-c2ccccc2)c(-c2ccc(F)cc2)n1CC[C@@H](O)C[C@@H](O)CC(=O)OCc1cccc(COC(=O)C[C@H](O)C[C@H](O)CCn2c(-c3ccc(F)cc3)c(-c3ccccc3)c(C(=O)Nc3ccccc3)c2C(C)C)n1.CC(C)c1c(C(=O)Nc2ccccc2)c(-c2ccccc2)c(-c2ccc(F)cc2)n1CC[C@@H](O)C[C@@H](O)CC(=O)[O-].[Cs+]. The molecule has 9 aromatic carbocycles. The number of aliphatic carboxylic acids is 1. The Balaban J connectivity index is 0.000000326. The summed E-state index contributed by atoms with van der Waals surface area (Å²) in [5, 5.41) is 87.3. The first-order valence-corrected chi connectivity index (χ1v) is 49.1. The number of aliphatic hydroxyl groups excluding tert-OH is 6. The second-order valence-corrected chi connectivity index (χ2v) is 36.4. The largest absolute Gasteiger partial charge is 1.00 e. The number of aromatic nitrogens is 5. The predicted octanol–water partition coefficient (Wildman–Crippen LogP) is 19.1. The average molecular weight is 2190 g/mol. The number of pyridine rings is 2. The second-order valence-electron chi connectivity index (χ2n) is 35.3. The molecule has 5 aromatic heterocycles. The summed E-state index contributed by atoms with van der Waals surface area (Å²) in [6.45, 7) is 12.0. The summed E-state index contributed by atoms with van der Waals surface area (Å²) in [4.78, 5) is 88.7. The number of carboxylic acid groups (broad SMARTS) is 1. The molecule has 9 N–H and O–H groups in total. The van der Waals surface area contributed by atoms with Crippen molar-refractivity contribution in [3.05, 3.63) is 365 Å². The fourth-order valence-electron chi connectivity index (χ4n) is 17.4. The van der Waals surface area contributed by atoms with Crippen molar-refractivity contribution in [2.24, 2.45) is 0 Å². The Hall–Kier alpha value is -11.5. The number of amides is 3. The van der Waals surface area contributed by atoms with Crippen molar-refractivity contribution >= 4 is 84.6 Å². The molecule has 0 bridgehead atoms. The Morgan fingerprint density at radius 1 is 0.336 bits per heavy atom. The van der Waals surface area contributed by atoms with Crippen LogP contribution >= 0.6 is 31.9 Å². The maximum Gasteiger partial charge on any atom is 1.00 e. The number of aliphatic hydroxyl groups is 6. The molecule has 0 aliphatic heterocycles. The molecule has 0 aliphatic carbocycles. The van der Waals surface area contributed by atoms with Gasteiger partial charge in [-0.3, -0.25) is 33.9 Å². The van der Waals surface area contributed by atoms with Crippen LogP contribution in [0, 0.1) is 17.5 Å². The van der Waals surface area contributed by atoms with Crippen LogP contribution < -0.4 is 90.0 Å². The van der Waals surface area contributed by atoms with Gasteiger partial charge in [-0.2, -0.15) is 0 Å². The zero-order valence-corrected chi connectivity index (χ0v) is 89.7. The second kappa shape index (κ2) is 56.1. The summed E-state index contributed by atoms with van der Waals surface area (Å²) in [5.41, 5.74) is 16.5. The first-order chi connectivity index (χ1) is 67.9. The number of alkyl halides is 2. The molecule has 0 fully saturated rings. The van der Waals surface area contributed by atoms with Gasteiger partial charge in [0.1, 0.15) is 30.7 Å². The quantitative estimate of drug-likeness (QED) is 0.0127. The molecule has 0 saturated carbocycles. The first-order valence-electron chi connectivity index (χ1n) is 46.9. The van der Waals surface area contributed by atoms with Crippen molar-refractivity contribution in [1.29, 1.82) is 0 Å². The number of rotatable bonds is 42. The number of para-hydroxylation sites is 3. The van der Waals surface area contributed by atoms with Gasteiger partial charge in [0.05, 0.1) is 106 Å². The Morgan fingerprint density at radius 2 is 0.580 bits per heavy atom. The van der Waals surface area contributed by atoms with Crippen LogP contribution in [0.25, 0.3) is 67.2 Å². The van der Waals surface area contributed by atoms with Crippen molar-refractivity contribution in [2.45, 2.75) is 205 Å².